The van der Waals surface area contributed by atoms with Gasteiger partial charge in [0.2, 0.25) is 0 Å². The Hall–Kier alpha value is -1.64. The summed E-state index contributed by atoms with van der Waals surface area (Å²) in [4.78, 5) is 0. The lowest BCUT2D eigenvalue weighted by Crippen LogP contribution is -1.90. The largest absolute Gasteiger partial charge is 0.494 e. The van der Waals surface area contributed by atoms with E-state index >= 15 is 0 Å². The molecule has 1 aliphatic rings. The van der Waals surface area contributed by atoms with Crippen molar-refractivity contribution in [3.63, 3.8) is 0 Å². The Bertz CT molecular complexity index is 513. The molecule has 0 aliphatic carbocycles. The van der Waals surface area contributed by atoms with Gasteiger partial charge in [-0.2, -0.15) is 0 Å². The van der Waals surface area contributed by atoms with E-state index in [1.807, 2.05) is 22.8 Å². The monoisotopic (exact) mass is 188 g/mol. The molecule has 72 valence electrons. The number of fused-ring (bicyclic) bond motifs is 3. The van der Waals surface area contributed by atoms with Gasteiger partial charge in [-0.05, 0) is 25.0 Å². The van der Waals surface area contributed by atoms with Crippen LogP contribution < -0.4 is 5.73 Å². The number of rotatable bonds is 0. The molecular weight excluding hydrogens is 176 g/mol. The van der Waals surface area contributed by atoms with E-state index in [0.717, 1.165) is 35.8 Å². The molecule has 14 heavy (non-hydrogen) atoms. The zero-order chi connectivity index (χ0) is 9.71. The van der Waals surface area contributed by atoms with Gasteiger partial charge in [-0.15, -0.1) is 0 Å². The maximum Gasteiger partial charge on any atom is 0.199 e. The van der Waals surface area contributed by atoms with Crippen molar-refractivity contribution in [2.45, 2.75) is 19.4 Å². The summed E-state index contributed by atoms with van der Waals surface area (Å²) in [6.07, 6.45) is 2.12. The third-order valence-corrected chi connectivity index (χ3v) is 3.00. The standard InChI is InChI=1S/C11H12N2O/c12-8-4-1-3-7-10(8)9-5-2-6-13(9)11(7)14/h1,3-4,14H,2,5-6,12H2. The van der Waals surface area contributed by atoms with Crippen LogP contribution in [0.5, 0.6) is 5.88 Å². The molecule has 0 bridgehead atoms. The summed E-state index contributed by atoms with van der Waals surface area (Å²) in [6.45, 7) is 0.912. The fraction of sp³-hybridized carbons (Fsp3) is 0.273. The molecule has 0 radical (unpaired) electrons. The number of nitrogens with zero attached hydrogens (tertiary/aromatic N) is 1. The minimum Gasteiger partial charge on any atom is -0.494 e. The van der Waals surface area contributed by atoms with Gasteiger partial charge in [0.25, 0.3) is 0 Å². The summed E-state index contributed by atoms with van der Waals surface area (Å²) in [7, 11) is 0. The van der Waals surface area contributed by atoms with Crippen LogP contribution >= 0.6 is 0 Å². The fourth-order valence-corrected chi connectivity index (χ4v) is 2.39. The predicted octanol–water partition coefficient (Wildman–Crippen LogP) is 1.88. The van der Waals surface area contributed by atoms with Crippen LogP contribution in [0.15, 0.2) is 18.2 Å². The maximum absolute atomic E-state index is 9.94. The third kappa shape index (κ3) is 0.769. The van der Waals surface area contributed by atoms with Gasteiger partial charge in [-0.1, -0.05) is 6.07 Å². The number of aromatic nitrogens is 1. The van der Waals surface area contributed by atoms with Gasteiger partial charge in [0.05, 0.1) is 0 Å². The molecule has 1 aromatic carbocycles. The second kappa shape index (κ2) is 2.44. The van der Waals surface area contributed by atoms with Crippen molar-refractivity contribution in [2.24, 2.45) is 0 Å². The van der Waals surface area contributed by atoms with Crippen LogP contribution in [0.4, 0.5) is 5.69 Å². The molecule has 0 unspecified atom stereocenters. The van der Waals surface area contributed by atoms with Gasteiger partial charge < -0.3 is 15.4 Å². The second-order valence-corrected chi connectivity index (χ2v) is 3.80. The van der Waals surface area contributed by atoms with Crippen molar-refractivity contribution in [2.75, 3.05) is 5.73 Å². The summed E-state index contributed by atoms with van der Waals surface area (Å²) in [5.74, 6) is 0.375. The number of benzene rings is 1. The molecule has 2 aromatic rings. The number of aryl methyl sites for hydroxylation is 1. The normalized spacial score (nSPS) is 14.9. The first-order chi connectivity index (χ1) is 6.79. The minimum absolute atomic E-state index is 0.375. The first-order valence-corrected chi connectivity index (χ1v) is 4.87. The van der Waals surface area contributed by atoms with Gasteiger partial charge in [-0.25, -0.2) is 0 Å². The van der Waals surface area contributed by atoms with Crippen LogP contribution in [0, 0.1) is 0 Å². The molecule has 0 atom stereocenters. The van der Waals surface area contributed by atoms with Crippen LogP contribution in [0.3, 0.4) is 0 Å². The summed E-state index contributed by atoms with van der Waals surface area (Å²) < 4.78 is 1.97. The molecule has 0 amide bonds. The fourth-order valence-electron chi connectivity index (χ4n) is 2.39. The van der Waals surface area contributed by atoms with E-state index in [1.165, 1.54) is 5.69 Å². The maximum atomic E-state index is 9.94. The molecule has 0 saturated carbocycles. The molecular formula is C11H12N2O. The van der Waals surface area contributed by atoms with Gasteiger partial charge in [-0.3, -0.25) is 0 Å². The second-order valence-electron chi connectivity index (χ2n) is 3.80. The topological polar surface area (TPSA) is 51.2 Å². The quantitative estimate of drug-likeness (QED) is 0.620. The first-order valence-electron chi connectivity index (χ1n) is 4.87. The van der Waals surface area contributed by atoms with E-state index in [2.05, 4.69) is 0 Å². The highest BCUT2D eigenvalue weighted by Crippen LogP contribution is 2.38. The van der Waals surface area contributed by atoms with E-state index in [4.69, 9.17) is 5.73 Å². The van der Waals surface area contributed by atoms with Gasteiger partial charge in [0.15, 0.2) is 5.88 Å². The molecule has 1 aliphatic heterocycles. The van der Waals surface area contributed by atoms with Crippen LogP contribution in [0.25, 0.3) is 10.8 Å². The number of aromatic hydroxyl groups is 1. The van der Waals surface area contributed by atoms with E-state index in [1.54, 1.807) is 0 Å². The van der Waals surface area contributed by atoms with Crippen LogP contribution in [0.1, 0.15) is 12.1 Å². The molecule has 1 aromatic heterocycles. The lowest BCUT2D eigenvalue weighted by atomic mass is 10.1. The zero-order valence-corrected chi connectivity index (χ0v) is 7.83. The van der Waals surface area contributed by atoms with Crippen molar-refractivity contribution in [3.05, 3.63) is 23.9 Å². The Balaban J connectivity index is 2.52. The first kappa shape index (κ1) is 7.74. The zero-order valence-electron chi connectivity index (χ0n) is 7.83. The number of hydrogen-bond donors (Lipinski definition) is 2. The van der Waals surface area contributed by atoms with E-state index in [0.29, 0.717) is 5.88 Å². The highest BCUT2D eigenvalue weighted by Gasteiger charge is 2.21. The molecule has 3 rings (SSSR count). The van der Waals surface area contributed by atoms with E-state index in [-0.39, 0.29) is 0 Å². The average molecular weight is 188 g/mol. The number of nitrogen functional groups attached to an aromatic ring is 1. The van der Waals surface area contributed by atoms with Crippen molar-refractivity contribution >= 4 is 16.5 Å². The average Bonchev–Trinajstić information content (AvgIpc) is 2.72. The Labute approximate surface area is 81.8 Å². The number of hydrogen-bond acceptors (Lipinski definition) is 2. The smallest absolute Gasteiger partial charge is 0.199 e. The van der Waals surface area contributed by atoms with Crippen molar-refractivity contribution < 1.29 is 5.11 Å². The Morgan fingerprint density at radius 1 is 1.36 bits per heavy atom. The van der Waals surface area contributed by atoms with Gasteiger partial charge in [0, 0.05) is 28.7 Å². The highest BCUT2D eigenvalue weighted by molar-refractivity contribution is 5.99. The van der Waals surface area contributed by atoms with E-state index in [9.17, 15) is 5.11 Å². The summed E-state index contributed by atoms with van der Waals surface area (Å²) in [5.41, 5.74) is 7.88. The molecule has 3 nitrogen and oxygen atoms in total. The van der Waals surface area contributed by atoms with Crippen LogP contribution in [-0.2, 0) is 13.0 Å². The molecule has 3 heteroatoms. The Kier molecular flexibility index (Phi) is 1.35. The molecule has 3 N–H and O–H groups in total. The lowest BCUT2D eigenvalue weighted by Gasteiger charge is -1.97. The Morgan fingerprint density at radius 3 is 3.07 bits per heavy atom. The van der Waals surface area contributed by atoms with Gasteiger partial charge >= 0.3 is 0 Å². The molecule has 0 saturated heterocycles. The van der Waals surface area contributed by atoms with Crippen molar-refractivity contribution in [1.29, 1.82) is 0 Å². The predicted molar refractivity (Wildman–Crippen MR) is 56.3 cm³/mol. The molecule has 2 heterocycles. The Morgan fingerprint density at radius 2 is 2.21 bits per heavy atom. The van der Waals surface area contributed by atoms with Gasteiger partial charge in [0.1, 0.15) is 0 Å². The van der Waals surface area contributed by atoms with Crippen molar-refractivity contribution in [1.82, 2.24) is 4.57 Å². The third-order valence-electron chi connectivity index (χ3n) is 3.00. The summed E-state index contributed by atoms with van der Waals surface area (Å²) >= 11 is 0. The molecule has 0 fully saturated rings. The summed E-state index contributed by atoms with van der Waals surface area (Å²) in [5, 5.41) is 11.9. The number of anilines is 1. The van der Waals surface area contributed by atoms with Crippen LogP contribution in [-0.4, -0.2) is 9.67 Å². The van der Waals surface area contributed by atoms with E-state index < -0.39 is 0 Å². The lowest BCUT2D eigenvalue weighted by molar-refractivity contribution is 0.428. The highest BCUT2D eigenvalue weighted by atomic mass is 16.3. The molecule has 0 spiro atoms. The van der Waals surface area contributed by atoms with Crippen LogP contribution in [0.2, 0.25) is 0 Å². The summed E-state index contributed by atoms with van der Waals surface area (Å²) in [6, 6.07) is 5.69. The van der Waals surface area contributed by atoms with Crippen molar-refractivity contribution in [3.8, 4) is 5.88 Å². The minimum atomic E-state index is 0.375. The SMILES string of the molecule is Nc1cccc2c(O)n3c(c12)CCC3. The number of nitrogens with two attached hydrogens (primary N) is 1.